The van der Waals surface area contributed by atoms with Gasteiger partial charge in [0.1, 0.15) is 0 Å². The first-order valence-electron chi connectivity index (χ1n) is 7.69. The predicted octanol–water partition coefficient (Wildman–Crippen LogP) is 2.51. The highest BCUT2D eigenvalue weighted by Crippen LogP contribution is 2.30. The Balaban J connectivity index is 2.39. The Bertz CT molecular complexity index is 203. The molecule has 0 aromatic carbocycles. The van der Waals surface area contributed by atoms with Gasteiger partial charge in [0.15, 0.2) is 0 Å². The van der Waals surface area contributed by atoms with Crippen LogP contribution < -0.4 is 5.32 Å². The summed E-state index contributed by atoms with van der Waals surface area (Å²) < 4.78 is 5.54. The van der Waals surface area contributed by atoms with Crippen LogP contribution in [0.1, 0.15) is 46.0 Å². The molecule has 0 atom stereocenters. The number of hydrogen-bond acceptors (Lipinski definition) is 3. The van der Waals surface area contributed by atoms with Gasteiger partial charge in [0.05, 0.1) is 0 Å². The molecular weight excluding hydrogens is 224 g/mol. The summed E-state index contributed by atoms with van der Waals surface area (Å²) in [6, 6.07) is 0. The molecule has 0 bridgehead atoms. The lowest BCUT2D eigenvalue weighted by atomic mass is 9.79. The molecule has 3 heteroatoms. The van der Waals surface area contributed by atoms with Crippen LogP contribution in [0, 0.1) is 5.41 Å². The fourth-order valence-corrected chi connectivity index (χ4v) is 2.87. The molecule has 0 saturated carbocycles. The fraction of sp³-hybridized carbons (Fsp3) is 1.00. The van der Waals surface area contributed by atoms with Gasteiger partial charge in [-0.05, 0) is 44.8 Å². The standard InChI is InChI=1S/C15H32N2O/c1-4-6-7-10-17(3)14-15(13-16-5-2)8-11-18-12-9-15/h16H,4-14H2,1-3H3. The molecule has 1 N–H and O–H groups in total. The highest BCUT2D eigenvalue weighted by Gasteiger charge is 2.33. The van der Waals surface area contributed by atoms with Gasteiger partial charge in [-0.1, -0.05) is 26.7 Å². The molecule has 1 heterocycles. The third-order valence-corrected chi connectivity index (χ3v) is 4.05. The van der Waals surface area contributed by atoms with E-state index in [-0.39, 0.29) is 0 Å². The Morgan fingerprint density at radius 3 is 2.50 bits per heavy atom. The van der Waals surface area contributed by atoms with E-state index in [4.69, 9.17) is 4.74 Å². The highest BCUT2D eigenvalue weighted by molar-refractivity contribution is 4.86. The van der Waals surface area contributed by atoms with E-state index in [1.54, 1.807) is 0 Å². The molecule has 1 aliphatic heterocycles. The Kier molecular flexibility index (Phi) is 7.87. The molecule has 0 radical (unpaired) electrons. The second-order valence-corrected chi connectivity index (χ2v) is 5.84. The van der Waals surface area contributed by atoms with Crippen LogP contribution in [0.2, 0.25) is 0 Å². The number of nitrogens with zero attached hydrogens (tertiary/aromatic N) is 1. The summed E-state index contributed by atoms with van der Waals surface area (Å²) in [5.41, 5.74) is 0.440. The van der Waals surface area contributed by atoms with E-state index in [0.717, 1.165) is 26.3 Å². The lowest BCUT2D eigenvalue weighted by molar-refractivity contribution is -0.000494. The van der Waals surface area contributed by atoms with Gasteiger partial charge in [-0.3, -0.25) is 0 Å². The van der Waals surface area contributed by atoms with Crippen molar-refractivity contribution in [3.63, 3.8) is 0 Å². The van der Waals surface area contributed by atoms with Crippen molar-refractivity contribution >= 4 is 0 Å². The number of ether oxygens (including phenoxy) is 1. The largest absolute Gasteiger partial charge is 0.381 e. The van der Waals surface area contributed by atoms with E-state index in [2.05, 4.69) is 31.1 Å². The van der Waals surface area contributed by atoms with E-state index < -0.39 is 0 Å². The van der Waals surface area contributed by atoms with Gasteiger partial charge in [0, 0.05) is 26.3 Å². The first-order chi connectivity index (χ1) is 8.72. The number of nitrogens with one attached hydrogen (secondary N) is 1. The molecule has 1 aliphatic rings. The zero-order chi connectivity index (χ0) is 13.3. The summed E-state index contributed by atoms with van der Waals surface area (Å²) in [5, 5.41) is 3.55. The molecule has 108 valence electrons. The van der Waals surface area contributed by atoms with Crippen molar-refractivity contribution in [3.05, 3.63) is 0 Å². The van der Waals surface area contributed by atoms with Crippen LogP contribution in [0.25, 0.3) is 0 Å². The minimum Gasteiger partial charge on any atom is -0.381 e. The van der Waals surface area contributed by atoms with Crippen LogP contribution >= 0.6 is 0 Å². The molecule has 0 amide bonds. The molecular formula is C15H32N2O. The maximum atomic E-state index is 5.54. The summed E-state index contributed by atoms with van der Waals surface area (Å²) in [4.78, 5) is 2.53. The molecule has 18 heavy (non-hydrogen) atoms. The maximum absolute atomic E-state index is 5.54. The van der Waals surface area contributed by atoms with E-state index in [1.807, 2.05) is 0 Å². The van der Waals surface area contributed by atoms with Crippen molar-refractivity contribution < 1.29 is 4.74 Å². The predicted molar refractivity (Wildman–Crippen MR) is 78.1 cm³/mol. The van der Waals surface area contributed by atoms with Crippen LogP contribution in [0.15, 0.2) is 0 Å². The van der Waals surface area contributed by atoms with E-state index in [1.165, 1.54) is 45.2 Å². The average Bonchev–Trinajstić information content (AvgIpc) is 2.38. The SMILES string of the molecule is CCCCCN(C)CC1(CNCC)CCOCC1. The Labute approximate surface area is 113 Å². The Hall–Kier alpha value is -0.120. The third kappa shape index (κ3) is 5.68. The smallest absolute Gasteiger partial charge is 0.0472 e. The topological polar surface area (TPSA) is 24.5 Å². The maximum Gasteiger partial charge on any atom is 0.0472 e. The van der Waals surface area contributed by atoms with Crippen LogP contribution in [0.3, 0.4) is 0 Å². The second kappa shape index (κ2) is 8.89. The van der Waals surface area contributed by atoms with E-state index >= 15 is 0 Å². The van der Waals surface area contributed by atoms with Gasteiger partial charge in [-0.15, -0.1) is 0 Å². The monoisotopic (exact) mass is 256 g/mol. The summed E-state index contributed by atoms with van der Waals surface area (Å²) in [6.45, 7) is 11.0. The molecule has 0 unspecified atom stereocenters. The van der Waals surface area contributed by atoms with Gasteiger partial charge in [0.2, 0.25) is 0 Å². The lowest BCUT2D eigenvalue weighted by Gasteiger charge is -2.40. The van der Waals surface area contributed by atoms with Crippen LogP contribution in [-0.4, -0.2) is 51.3 Å². The number of hydrogen-bond donors (Lipinski definition) is 1. The van der Waals surface area contributed by atoms with Gasteiger partial charge in [-0.25, -0.2) is 0 Å². The highest BCUT2D eigenvalue weighted by atomic mass is 16.5. The van der Waals surface area contributed by atoms with Crippen molar-refractivity contribution in [1.82, 2.24) is 10.2 Å². The van der Waals surface area contributed by atoms with Gasteiger partial charge in [-0.2, -0.15) is 0 Å². The zero-order valence-electron chi connectivity index (χ0n) is 12.6. The lowest BCUT2D eigenvalue weighted by Crippen LogP contribution is -2.46. The number of rotatable bonds is 9. The molecule has 0 aromatic heterocycles. The van der Waals surface area contributed by atoms with Crippen LogP contribution in [0.5, 0.6) is 0 Å². The van der Waals surface area contributed by atoms with Crippen LogP contribution in [0.4, 0.5) is 0 Å². The van der Waals surface area contributed by atoms with E-state index in [0.29, 0.717) is 5.41 Å². The molecule has 0 aliphatic carbocycles. The fourth-order valence-electron chi connectivity index (χ4n) is 2.87. The molecule has 0 aromatic rings. The molecule has 1 saturated heterocycles. The van der Waals surface area contributed by atoms with Crippen molar-refractivity contribution in [3.8, 4) is 0 Å². The summed E-state index contributed by atoms with van der Waals surface area (Å²) >= 11 is 0. The minimum absolute atomic E-state index is 0.440. The second-order valence-electron chi connectivity index (χ2n) is 5.84. The van der Waals surface area contributed by atoms with Crippen molar-refractivity contribution in [2.45, 2.75) is 46.0 Å². The van der Waals surface area contributed by atoms with Gasteiger partial charge in [0.25, 0.3) is 0 Å². The summed E-state index contributed by atoms with van der Waals surface area (Å²) in [5.74, 6) is 0. The molecule has 3 nitrogen and oxygen atoms in total. The number of unbranched alkanes of at least 4 members (excludes halogenated alkanes) is 2. The first kappa shape index (κ1) is 15.9. The zero-order valence-corrected chi connectivity index (χ0v) is 12.6. The van der Waals surface area contributed by atoms with Crippen molar-refractivity contribution in [1.29, 1.82) is 0 Å². The van der Waals surface area contributed by atoms with Gasteiger partial charge >= 0.3 is 0 Å². The van der Waals surface area contributed by atoms with Crippen molar-refractivity contribution in [2.24, 2.45) is 5.41 Å². The minimum atomic E-state index is 0.440. The Morgan fingerprint density at radius 1 is 1.17 bits per heavy atom. The quantitative estimate of drug-likeness (QED) is 0.642. The van der Waals surface area contributed by atoms with Crippen molar-refractivity contribution in [2.75, 3.05) is 46.4 Å². The Morgan fingerprint density at radius 2 is 1.89 bits per heavy atom. The summed E-state index contributed by atoms with van der Waals surface area (Å²) in [6.07, 6.45) is 6.41. The molecule has 1 rings (SSSR count). The normalized spacial score (nSPS) is 19.3. The molecule has 1 fully saturated rings. The van der Waals surface area contributed by atoms with Crippen LogP contribution in [-0.2, 0) is 4.74 Å². The third-order valence-electron chi connectivity index (χ3n) is 4.05. The summed E-state index contributed by atoms with van der Waals surface area (Å²) in [7, 11) is 2.28. The van der Waals surface area contributed by atoms with E-state index in [9.17, 15) is 0 Å². The first-order valence-corrected chi connectivity index (χ1v) is 7.69. The molecule has 0 spiro atoms. The van der Waals surface area contributed by atoms with Gasteiger partial charge < -0.3 is 15.0 Å². The average molecular weight is 256 g/mol.